The molecule has 0 aromatic carbocycles. The van der Waals surface area contributed by atoms with Crippen LogP contribution in [0, 0.1) is 22.7 Å². The van der Waals surface area contributed by atoms with E-state index in [9.17, 15) is 4.79 Å². The van der Waals surface area contributed by atoms with Crippen molar-refractivity contribution in [2.24, 2.45) is 28.4 Å². The van der Waals surface area contributed by atoms with Crippen LogP contribution in [0.1, 0.15) is 41.0 Å². The Labute approximate surface area is 105 Å². The van der Waals surface area contributed by atoms with E-state index in [0.29, 0.717) is 18.4 Å². The molecule has 2 N–H and O–H groups in total. The Morgan fingerprint density at radius 1 is 1.29 bits per heavy atom. The van der Waals surface area contributed by atoms with E-state index in [4.69, 9.17) is 5.73 Å². The van der Waals surface area contributed by atoms with Crippen molar-refractivity contribution in [1.29, 1.82) is 0 Å². The van der Waals surface area contributed by atoms with E-state index in [1.54, 1.807) is 0 Å². The first-order valence-corrected chi connectivity index (χ1v) is 6.75. The second-order valence-electron chi connectivity index (χ2n) is 6.98. The number of amides is 1. The third kappa shape index (κ3) is 1.62. The highest BCUT2D eigenvalue weighted by Gasteiger charge is 2.69. The number of carbonyl (C=O) groups is 1. The Hall–Kier alpha value is -0.570. The van der Waals surface area contributed by atoms with Crippen molar-refractivity contribution in [2.75, 3.05) is 13.1 Å². The minimum Gasteiger partial charge on any atom is -0.338 e. The number of hydrogen-bond acceptors (Lipinski definition) is 2. The fraction of sp³-hybridized carbons (Fsp3) is 0.929. The zero-order chi connectivity index (χ0) is 13.0. The molecule has 0 radical (unpaired) electrons. The summed E-state index contributed by atoms with van der Waals surface area (Å²) in [6.07, 6.45) is 1.10. The Bertz CT molecular complexity index is 321. The zero-order valence-corrected chi connectivity index (χ0v) is 11.8. The van der Waals surface area contributed by atoms with E-state index >= 15 is 0 Å². The van der Waals surface area contributed by atoms with Crippen LogP contribution >= 0.6 is 0 Å². The minimum atomic E-state index is 0.134. The van der Waals surface area contributed by atoms with Crippen LogP contribution in [0.3, 0.4) is 0 Å². The van der Waals surface area contributed by atoms with Crippen LogP contribution in [0.2, 0.25) is 0 Å². The first-order chi connectivity index (χ1) is 7.75. The van der Waals surface area contributed by atoms with Crippen LogP contribution in [0.4, 0.5) is 0 Å². The lowest BCUT2D eigenvalue weighted by atomic mass is 10.0. The standard InChI is InChI=1S/C14H26N2O/c1-9-6-7-16(10(9)8-15)12(17)11-13(2,3)14(11,4)5/h9-11H,6-8,15H2,1-5H3. The van der Waals surface area contributed by atoms with Gasteiger partial charge in [-0.3, -0.25) is 4.79 Å². The predicted molar refractivity (Wildman–Crippen MR) is 69.4 cm³/mol. The van der Waals surface area contributed by atoms with Gasteiger partial charge in [0.25, 0.3) is 0 Å². The average Bonchev–Trinajstić information content (AvgIpc) is 2.55. The minimum absolute atomic E-state index is 0.134. The molecule has 3 nitrogen and oxygen atoms in total. The molecule has 2 atom stereocenters. The number of carbonyl (C=O) groups excluding carboxylic acids is 1. The van der Waals surface area contributed by atoms with Gasteiger partial charge in [-0.2, -0.15) is 0 Å². The third-order valence-corrected chi connectivity index (χ3v) is 5.67. The van der Waals surface area contributed by atoms with Crippen molar-refractivity contribution in [2.45, 2.75) is 47.1 Å². The number of hydrogen-bond donors (Lipinski definition) is 1. The average molecular weight is 238 g/mol. The molecule has 2 rings (SSSR count). The Balaban J connectivity index is 2.13. The number of nitrogens with zero attached hydrogens (tertiary/aromatic N) is 1. The van der Waals surface area contributed by atoms with Crippen LogP contribution in [-0.4, -0.2) is 29.9 Å². The third-order valence-electron chi connectivity index (χ3n) is 5.67. The molecule has 1 saturated heterocycles. The topological polar surface area (TPSA) is 46.3 Å². The van der Waals surface area contributed by atoms with Gasteiger partial charge in [-0.25, -0.2) is 0 Å². The lowest BCUT2D eigenvalue weighted by Crippen LogP contribution is -2.43. The summed E-state index contributed by atoms with van der Waals surface area (Å²) in [6.45, 7) is 12.5. The van der Waals surface area contributed by atoms with Crippen molar-refractivity contribution in [3.05, 3.63) is 0 Å². The summed E-state index contributed by atoms with van der Waals surface area (Å²) in [5, 5.41) is 0. The van der Waals surface area contributed by atoms with E-state index in [2.05, 4.69) is 34.6 Å². The molecule has 1 amide bonds. The normalized spacial score (nSPS) is 35.1. The summed E-state index contributed by atoms with van der Waals surface area (Å²) in [7, 11) is 0. The van der Waals surface area contributed by atoms with E-state index in [0.717, 1.165) is 13.0 Å². The van der Waals surface area contributed by atoms with Crippen LogP contribution in [0.25, 0.3) is 0 Å². The molecule has 3 heteroatoms. The zero-order valence-electron chi connectivity index (χ0n) is 11.8. The molecule has 1 aliphatic heterocycles. The molecule has 0 aromatic heterocycles. The summed E-state index contributed by atoms with van der Waals surface area (Å²) in [6, 6.07) is 0.259. The number of likely N-dealkylation sites (tertiary alicyclic amines) is 1. The maximum absolute atomic E-state index is 12.6. The second kappa shape index (κ2) is 3.71. The van der Waals surface area contributed by atoms with Gasteiger partial charge in [0.2, 0.25) is 5.91 Å². The molecule has 1 heterocycles. The molecule has 0 aromatic rings. The molecular weight excluding hydrogens is 212 g/mol. The Morgan fingerprint density at radius 2 is 1.82 bits per heavy atom. The number of nitrogens with two attached hydrogens (primary N) is 1. The van der Waals surface area contributed by atoms with E-state index in [-0.39, 0.29) is 22.8 Å². The summed E-state index contributed by atoms with van der Waals surface area (Å²) >= 11 is 0. The molecule has 2 unspecified atom stereocenters. The van der Waals surface area contributed by atoms with Gasteiger partial charge in [-0.05, 0) is 23.2 Å². The quantitative estimate of drug-likeness (QED) is 0.798. The highest BCUT2D eigenvalue weighted by atomic mass is 16.2. The van der Waals surface area contributed by atoms with Crippen LogP contribution < -0.4 is 5.73 Å². The lowest BCUT2D eigenvalue weighted by molar-refractivity contribution is -0.134. The monoisotopic (exact) mass is 238 g/mol. The lowest BCUT2D eigenvalue weighted by Gasteiger charge is -2.26. The van der Waals surface area contributed by atoms with Gasteiger partial charge in [-0.15, -0.1) is 0 Å². The van der Waals surface area contributed by atoms with E-state index in [1.807, 2.05) is 4.90 Å². The van der Waals surface area contributed by atoms with E-state index in [1.165, 1.54) is 0 Å². The highest BCUT2D eigenvalue weighted by molar-refractivity contribution is 5.84. The molecule has 2 fully saturated rings. The molecule has 2 aliphatic rings. The summed E-state index contributed by atoms with van der Waals surface area (Å²) in [4.78, 5) is 14.7. The van der Waals surface area contributed by atoms with Crippen molar-refractivity contribution in [3.63, 3.8) is 0 Å². The maximum atomic E-state index is 12.6. The van der Waals surface area contributed by atoms with Crippen molar-refractivity contribution < 1.29 is 4.79 Å². The Morgan fingerprint density at radius 3 is 2.24 bits per heavy atom. The molecule has 1 aliphatic carbocycles. The van der Waals surface area contributed by atoms with Gasteiger partial charge in [-0.1, -0.05) is 34.6 Å². The van der Waals surface area contributed by atoms with Crippen LogP contribution in [-0.2, 0) is 4.79 Å². The molecule has 1 saturated carbocycles. The fourth-order valence-electron chi connectivity index (χ4n) is 3.62. The molecule has 0 spiro atoms. The molecule has 17 heavy (non-hydrogen) atoms. The first-order valence-electron chi connectivity index (χ1n) is 6.75. The van der Waals surface area contributed by atoms with Crippen LogP contribution in [0.15, 0.2) is 0 Å². The maximum Gasteiger partial charge on any atom is 0.227 e. The highest BCUT2D eigenvalue weighted by Crippen LogP contribution is 2.69. The van der Waals surface area contributed by atoms with Gasteiger partial charge in [0.1, 0.15) is 0 Å². The molecule has 98 valence electrons. The second-order valence-corrected chi connectivity index (χ2v) is 6.98. The smallest absolute Gasteiger partial charge is 0.227 e. The largest absolute Gasteiger partial charge is 0.338 e. The van der Waals surface area contributed by atoms with Crippen molar-refractivity contribution in [3.8, 4) is 0 Å². The first kappa shape index (κ1) is 12.9. The van der Waals surface area contributed by atoms with E-state index < -0.39 is 0 Å². The summed E-state index contributed by atoms with van der Waals surface area (Å²) < 4.78 is 0. The molecule has 0 bridgehead atoms. The van der Waals surface area contributed by atoms with Gasteiger partial charge in [0, 0.05) is 25.0 Å². The predicted octanol–water partition coefficient (Wildman–Crippen LogP) is 1.86. The van der Waals surface area contributed by atoms with Crippen LogP contribution in [0.5, 0.6) is 0 Å². The van der Waals surface area contributed by atoms with Crippen molar-refractivity contribution in [1.82, 2.24) is 4.90 Å². The Kier molecular flexibility index (Phi) is 2.81. The van der Waals surface area contributed by atoms with Gasteiger partial charge >= 0.3 is 0 Å². The summed E-state index contributed by atoms with van der Waals surface area (Å²) in [5.41, 5.74) is 6.08. The fourth-order valence-corrected chi connectivity index (χ4v) is 3.62. The van der Waals surface area contributed by atoms with Gasteiger partial charge in [0.15, 0.2) is 0 Å². The van der Waals surface area contributed by atoms with Crippen molar-refractivity contribution >= 4 is 5.91 Å². The van der Waals surface area contributed by atoms with Gasteiger partial charge in [0.05, 0.1) is 0 Å². The van der Waals surface area contributed by atoms with Gasteiger partial charge < -0.3 is 10.6 Å². The summed E-state index contributed by atoms with van der Waals surface area (Å²) in [5.74, 6) is 1.06. The number of rotatable bonds is 2. The SMILES string of the molecule is CC1CCN(C(=O)C2C(C)(C)C2(C)C)C1CN. The molecular formula is C14H26N2O.